The van der Waals surface area contributed by atoms with E-state index in [4.69, 9.17) is 4.74 Å². The average molecular weight is 453 g/mol. The lowest BCUT2D eigenvalue weighted by Gasteiger charge is -2.35. The van der Waals surface area contributed by atoms with Crippen molar-refractivity contribution in [1.82, 2.24) is 9.80 Å². The highest BCUT2D eigenvalue weighted by atomic mass is 32.2. The summed E-state index contributed by atoms with van der Waals surface area (Å²) in [6.45, 7) is 3.59. The Morgan fingerprint density at radius 3 is 2.35 bits per heavy atom. The van der Waals surface area contributed by atoms with Gasteiger partial charge in [-0.2, -0.15) is 0 Å². The van der Waals surface area contributed by atoms with Crippen LogP contribution in [0.3, 0.4) is 0 Å². The van der Waals surface area contributed by atoms with Gasteiger partial charge in [0.1, 0.15) is 5.75 Å². The normalized spacial score (nSPS) is 17.5. The van der Waals surface area contributed by atoms with Crippen molar-refractivity contribution in [3.8, 4) is 5.75 Å². The molecule has 3 rings (SSSR count). The van der Waals surface area contributed by atoms with Crippen LogP contribution >= 0.6 is 0 Å². The highest BCUT2D eigenvalue weighted by molar-refractivity contribution is 7.92. The van der Waals surface area contributed by atoms with E-state index in [0.717, 1.165) is 12.8 Å². The Bertz CT molecular complexity index is 891. The number of sulfonamides is 1. The monoisotopic (exact) mass is 452 g/mol. The van der Waals surface area contributed by atoms with Crippen LogP contribution < -0.4 is 14.8 Å². The fourth-order valence-electron chi connectivity index (χ4n) is 4.05. The van der Waals surface area contributed by atoms with Gasteiger partial charge in [0, 0.05) is 44.4 Å². The first-order chi connectivity index (χ1) is 14.8. The van der Waals surface area contributed by atoms with Crippen molar-refractivity contribution in [3.05, 3.63) is 18.2 Å². The first-order valence-electron chi connectivity index (χ1n) is 10.8. The lowest BCUT2D eigenvalue weighted by atomic mass is 10.0. The van der Waals surface area contributed by atoms with Gasteiger partial charge in [-0.05, 0) is 37.8 Å². The summed E-state index contributed by atoms with van der Waals surface area (Å²) in [5.41, 5.74) is 0.817. The van der Waals surface area contributed by atoms with E-state index in [-0.39, 0.29) is 17.7 Å². The lowest BCUT2D eigenvalue weighted by Crippen LogP contribution is -2.51. The Labute approximate surface area is 184 Å². The van der Waals surface area contributed by atoms with Gasteiger partial charge in [-0.25, -0.2) is 13.2 Å². The fraction of sp³-hybridized carbons (Fsp3) is 0.619. The van der Waals surface area contributed by atoms with Gasteiger partial charge >= 0.3 is 6.03 Å². The van der Waals surface area contributed by atoms with E-state index >= 15 is 0 Å². The number of ether oxygens (including phenoxy) is 1. The van der Waals surface area contributed by atoms with Crippen molar-refractivity contribution in [2.75, 3.05) is 49.1 Å². The number of urea groups is 1. The molecule has 31 heavy (non-hydrogen) atoms. The van der Waals surface area contributed by atoms with E-state index in [0.29, 0.717) is 55.6 Å². The zero-order chi connectivity index (χ0) is 22.4. The van der Waals surface area contributed by atoms with E-state index in [2.05, 4.69) is 10.0 Å². The molecule has 1 heterocycles. The molecule has 10 heteroatoms. The summed E-state index contributed by atoms with van der Waals surface area (Å²) in [7, 11) is -2.00. The maximum absolute atomic E-state index is 12.6. The molecule has 3 amide bonds. The van der Waals surface area contributed by atoms with Crippen LogP contribution in [0.1, 0.15) is 39.0 Å². The van der Waals surface area contributed by atoms with Crippen molar-refractivity contribution in [2.24, 2.45) is 5.92 Å². The summed E-state index contributed by atoms with van der Waals surface area (Å²) in [5, 5.41) is 2.82. The first kappa shape index (κ1) is 23.2. The molecule has 1 aliphatic heterocycles. The lowest BCUT2D eigenvalue weighted by molar-refractivity contribution is -0.133. The predicted octanol–water partition coefficient (Wildman–Crippen LogP) is 2.71. The molecule has 1 aromatic carbocycles. The highest BCUT2D eigenvalue weighted by Gasteiger charge is 2.27. The van der Waals surface area contributed by atoms with Crippen molar-refractivity contribution in [2.45, 2.75) is 39.0 Å². The second kappa shape index (κ2) is 10.2. The van der Waals surface area contributed by atoms with Gasteiger partial charge in [0.2, 0.25) is 15.9 Å². The molecule has 0 spiro atoms. The van der Waals surface area contributed by atoms with Crippen molar-refractivity contribution >= 4 is 33.3 Å². The number of methoxy groups -OCH3 is 1. The topological polar surface area (TPSA) is 108 Å². The van der Waals surface area contributed by atoms with E-state index in [9.17, 15) is 18.0 Å². The van der Waals surface area contributed by atoms with Crippen LogP contribution in [0.5, 0.6) is 5.75 Å². The zero-order valence-corrected chi connectivity index (χ0v) is 19.0. The quantitative estimate of drug-likeness (QED) is 0.661. The number of nitrogens with one attached hydrogen (secondary N) is 2. The Kier molecular flexibility index (Phi) is 7.64. The molecule has 1 saturated carbocycles. The summed E-state index contributed by atoms with van der Waals surface area (Å²) in [6.07, 6.45) is 5.37. The van der Waals surface area contributed by atoms with E-state index in [1.807, 2.05) is 4.90 Å². The summed E-state index contributed by atoms with van der Waals surface area (Å²) >= 11 is 0. The summed E-state index contributed by atoms with van der Waals surface area (Å²) < 4.78 is 31.3. The Hall–Kier alpha value is -2.49. The average Bonchev–Trinajstić information content (AvgIpc) is 3.27. The number of benzene rings is 1. The molecule has 2 aliphatic rings. The molecule has 0 aromatic heterocycles. The number of amides is 3. The van der Waals surface area contributed by atoms with Gasteiger partial charge in [0.25, 0.3) is 0 Å². The molecule has 0 atom stereocenters. The molecule has 172 valence electrons. The molecule has 0 radical (unpaired) electrons. The number of nitrogens with zero attached hydrogens (tertiary/aromatic N) is 2. The van der Waals surface area contributed by atoms with Crippen LogP contribution in [0, 0.1) is 5.92 Å². The number of rotatable bonds is 7. The molecule has 1 aromatic rings. The molecule has 2 N–H and O–H groups in total. The van der Waals surface area contributed by atoms with E-state index in [1.54, 1.807) is 30.0 Å². The second-order valence-electron chi connectivity index (χ2n) is 8.07. The van der Waals surface area contributed by atoms with Crippen LogP contribution in [0.2, 0.25) is 0 Å². The summed E-state index contributed by atoms with van der Waals surface area (Å²) in [5.74, 6) is 0.983. The standard InChI is InChI=1S/C21H32N4O5S/c1-3-31(28,29)23-18-9-8-17(15-19(18)30-2)22-21(27)25-12-10-24(11-13-25)20(26)14-16-6-4-5-7-16/h8-9,15-16,23H,3-7,10-14H2,1-2H3,(H,22,27). The number of carbonyl (C=O) groups is 2. The number of anilines is 2. The van der Waals surface area contributed by atoms with Crippen LogP contribution in [-0.2, 0) is 14.8 Å². The smallest absolute Gasteiger partial charge is 0.321 e. The highest BCUT2D eigenvalue weighted by Crippen LogP contribution is 2.30. The third kappa shape index (κ3) is 6.25. The predicted molar refractivity (Wildman–Crippen MR) is 120 cm³/mol. The summed E-state index contributed by atoms with van der Waals surface area (Å²) in [4.78, 5) is 28.7. The largest absolute Gasteiger partial charge is 0.494 e. The molecule has 2 fully saturated rings. The fourth-order valence-corrected chi connectivity index (χ4v) is 4.69. The number of carbonyl (C=O) groups excluding carboxylic acids is 2. The van der Waals surface area contributed by atoms with E-state index in [1.165, 1.54) is 20.0 Å². The van der Waals surface area contributed by atoms with Crippen LogP contribution in [-0.4, -0.2) is 69.2 Å². The maximum Gasteiger partial charge on any atom is 0.321 e. The van der Waals surface area contributed by atoms with Gasteiger partial charge < -0.3 is 19.9 Å². The molecule has 1 saturated heterocycles. The Balaban J connectivity index is 1.53. The van der Waals surface area contributed by atoms with Gasteiger partial charge in [-0.1, -0.05) is 12.8 Å². The Morgan fingerprint density at radius 2 is 1.74 bits per heavy atom. The van der Waals surface area contributed by atoms with Crippen molar-refractivity contribution in [3.63, 3.8) is 0 Å². The van der Waals surface area contributed by atoms with Crippen LogP contribution in [0.25, 0.3) is 0 Å². The molecule has 0 bridgehead atoms. The third-order valence-corrected chi connectivity index (χ3v) is 7.25. The third-order valence-electron chi connectivity index (χ3n) is 5.96. The van der Waals surface area contributed by atoms with Crippen molar-refractivity contribution in [1.29, 1.82) is 0 Å². The number of hydrogen-bond acceptors (Lipinski definition) is 5. The molecular formula is C21H32N4O5S. The SMILES string of the molecule is CCS(=O)(=O)Nc1ccc(NC(=O)N2CCN(C(=O)CC3CCCC3)CC2)cc1OC. The number of piperazine rings is 1. The minimum absolute atomic E-state index is 0.0518. The second-order valence-corrected chi connectivity index (χ2v) is 10.1. The molecule has 0 unspecified atom stereocenters. The molecular weight excluding hydrogens is 420 g/mol. The van der Waals surface area contributed by atoms with Gasteiger partial charge in [0.05, 0.1) is 18.6 Å². The van der Waals surface area contributed by atoms with Gasteiger partial charge in [-0.3, -0.25) is 9.52 Å². The van der Waals surface area contributed by atoms with Gasteiger partial charge in [0.15, 0.2) is 0 Å². The van der Waals surface area contributed by atoms with Crippen molar-refractivity contribution < 1.29 is 22.7 Å². The minimum atomic E-state index is -3.44. The Morgan fingerprint density at radius 1 is 1.10 bits per heavy atom. The molecule has 1 aliphatic carbocycles. The zero-order valence-electron chi connectivity index (χ0n) is 18.2. The van der Waals surface area contributed by atoms with Crippen LogP contribution in [0.15, 0.2) is 18.2 Å². The maximum atomic E-state index is 12.6. The van der Waals surface area contributed by atoms with Gasteiger partial charge in [-0.15, -0.1) is 0 Å². The molecule has 9 nitrogen and oxygen atoms in total. The number of hydrogen-bond donors (Lipinski definition) is 2. The summed E-state index contributed by atoms with van der Waals surface area (Å²) in [6, 6.07) is 4.50. The first-order valence-corrected chi connectivity index (χ1v) is 12.5. The van der Waals surface area contributed by atoms with Crippen LogP contribution in [0.4, 0.5) is 16.2 Å². The van der Waals surface area contributed by atoms with E-state index < -0.39 is 10.0 Å². The minimum Gasteiger partial charge on any atom is -0.494 e.